The lowest BCUT2D eigenvalue weighted by Gasteiger charge is -2.33. The number of nitrogens with zero attached hydrogens (tertiary/aromatic N) is 2. The molecule has 0 aliphatic carbocycles. The van der Waals surface area contributed by atoms with E-state index in [1.165, 1.54) is 17.7 Å². The molecule has 1 atom stereocenters. The van der Waals surface area contributed by atoms with Gasteiger partial charge in [-0.05, 0) is 79.3 Å². The number of hydrogen-bond donors (Lipinski definition) is 1. The molecule has 2 amide bonds. The van der Waals surface area contributed by atoms with E-state index in [0.717, 1.165) is 34.4 Å². The Labute approximate surface area is 224 Å². The van der Waals surface area contributed by atoms with E-state index in [1.807, 2.05) is 14.1 Å². The van der Waals surface area contributed by atoms with Crippen molar-refractivity contribution in [1.82, 2.24) is 10.2 Å². The zero-order valence-electron chi connectivity index (χ0n) is 22.8. The van der Waals surface area contributed by atoms with Crippen LogP contribution in [0.25, 0.3) is 11.1 Å². The highest BCUT2D eigenvalue weighted by molar-refractivity contribution is 5.86. The van der Waals surface area contributed by atoms with Crippen molar-refractivity contribution in [1.29, 1.82) is 0 Å². The molecule has 1 aliphatic heterocycles. The van der Waals surface area contributed by atoms with E-state index < -0.39 is 17.7 Å². The summed E-state index contributed by atoms with van der Waals surface area (Å²) in [4.78, 5) is 30.1. The Kier molecular flexibility index (Phi) is 8.05. The van der Waals surface area contributed by atoms with Gasteiger partial charge in [-0.2, -0.15) is 0 Å². The van der Waals surface area contributed by atoms with Crippen molar-refractivity contribution in [2.75, 3.05) is 25.5 Å². The Hall–Kier alpha value is -3.87. The lowest BCUT2D eigenvalue weighted by atomic mass is 9.93. The van der Waals surface area contributed by atoms with Crippen LogP contribution in [0, 0.1) is 5.82 Å². The number of carbonyl (C=O) groups excluding carboxylic acids is 2. The minimum Gasteiger partial charge on any atom is -0.444 e. The van der Waals surface area contributed by atoms with Gasteiger partial charge in [0, 0.05) is 39.3 Å². The van der Waals surface area contributed by atoms with Crippen molar-refractivity contribution in [2.24, 2.45) is 0 Å². The molecule has 0 saturated carbocycles. The first-order valence-electron chi connectivity index (χ1n) is 12.9. The molecule has 0 radical (unpaired) electrons. The molecule has 1 unspecified atom stereocenters. The summed E-state index contributed by atoms with van der Waals surface area (Å²) in [5, 5.41) is 2.75. The molecule has 0 spiro atoms. The molecule has 3 aromatic carbocycles. The molecule has 7 heteroatoms. The molecule has 4 rings (SSSR count). The summed E-state index contributed by atoms with van der Waals surface area (Å²) in [6.45, 7) is 6.33. The average molecular weight is 518 g/mol. The van der Waals surface area contributed by atoms with Crippen LogP contribution >= 0.6 is 0 Å². The van der Waals surface area contributed by atoms with Crippen LogP contribution in [-0.4, -0.2) is 49.2 Å². The van der Waals surface area contributed by atoms with Crippen molar-refractivity contribution < 1.29 is 18.7 Å². The number of amides is 2. The quantitative estimate of drug-likeness (QED) is 0.464. The number of ether oxygens (including phenoxy) is 1. The van der Waals surface area contributed by atoms with Crippen LogP contribution in [0.1, 0.15) is 37.5 Å². The van der Waals surface area contributed by atoms with Crippen LogP contribution in [0.2, 0.25) is 0 Å². The second-order valence-electron chi connectivity index (χ2n) is 11.0. The van der Waals surface area contributed by atoms with Crippen molar-refractivity contribution in [3.05, 3.63) is 89.2 Å². The highest BCUT2D eigenvalue weighted by atomic mass is 19.1. The molecule has 1 heterocycles. The van der Waals surface area contributed by atoms with Gasteiger partial charge in [0.05, 0.1) is 0 Å². The topological polar surface area (TPSA) is 61.9 Å². The molecular weight excluding hydrogens is 481 g/mol. The van der Waals surface area contributed by atoms with E-state index in [2.05, 4.69) is 52.7 Å². The van der Waals surface area contributed by atoms with Crippen LogP contribution < -0.4 is 10.2 Å². The van der Waals surface area contributed by atoms with Crippen LogP contribution in [0.3, 0.4) is 0 Å². The van der Waals surface area contributed by atoms with Gasteiger partial charge < -0.3 is 19.9 Å². The van der Waals surface area contributed by atoms with Crippen molar-refractivity contribution in [3.8, 4) is 11.1 Å². The highest BCUT2D eigenvalue weighted by Gasteiger charge is 2.30. The SMILES string of the molecule is CN(C)c1cccc(-c2ccc3c(c2)CCN(C(=O)C(Cc2ccc(F)cc2)NC(=O)OC(C)(C)C)C3)c1. The van der Waals surface area contributed by atoms with Gasteiger partial charge in [0.15, 0.2) is 0 Å². The van der Waals surface area contributed by atoms with E-state index in [-0.39, 0.29) is 18.1 Å². The van der Waals surface area contributed by atoms with Crippen LogP contribution in [0.5, 0.6) is 0 Å². The molecule has 38 heavy (non-hydrogen) atoms. The van der Waals surface area contributed by atoms with Crippen LogP contribution in [0.4, 0.5) is 14.9 Å². The summed E-state index contributed by atoms with van der Waals surface area (Å²) in [5.41, 5.74) is 5.81. The Morgan fingerprint density at radius 3 is 2.39 bits per heavy atom. The minimum absolute atomic E-state index is 0.186. The van der Waals surface area contributed by atoms with Gasteiger partial charge in [-0.3, -0.25) is 4.79 Å². The van der Waals surface area contributed by atoms with E-state index in [9.17, 15) is 14.0 Å². The summed E-state index contributed by atoms with van der Waals surface area (Å²) in [5.74, 6) is -0.536. The first-order valence-corrected chi connectivity index (χ1v) is 12.9. The molecular formula is C31H36FN3O3. The summed E-state index contributed by atoms with van der Waals surface area (Å²) in [6, 6.07) is 19.9. The van der Waals surface area contributed by atoms with Gasteiger partial charge in [0.1, 0.15) is 17.5 Å². The van der Waals surface area contributed by atoms with Gasteiger partial charge in [0.2, 0.25) is 5.91 Å². The van der Waals surface area contributed by atoms with Gasteiger partial charge in [-0.15, -0.1) is 0 Å². The lowest BCUT2D eigenvalue weighted by molar-refractivity contribution is -0.134. The van der Waals surface area contributed by atoms with E-state index in [0.29, 0.717) is 13.1 Å². The Morgan fingerprint density at radius 2 is 1.71 bits per heavy atom. The van der Waals surface area contributed by atoms with Crippen LogP contribution in [-0.2, 0) is 28.9 Å². The molecule has 6 nitrogen and oxygen atoms in total. The smallest absolute Gasteiger partial charge is 0.408 e. The third-order valence-corrected chi connectivity index (χ3v) is 6.57. The predicted molar refractivity (Wildman–Crippen MR) is 149 cm³/mol. The number of anilines is 1. The van der Waals surface area contributed by atoms with Gasteiger partial charge >= 0.3 is 6.09 Å². The number of rotatable bonds is 6. The maximum atomic E-state index is 13.6. The van der Waals surface area contributed by atoms with Crippen LogP contribution in [0.15, 0.2) is 66.7 Å². The van der Waals surface area contributed by atoms with Crippen molar-refractivity contribution in [3.63, 3.8) is 0 Å². The fraction of sp³-hybridized carbons (Fsp3) is 0.355. The number of carbonyl (C=O) groups is 2. The Bertz CT molecular complexity index is 1300. The fourth-order valence-corrected chi connectivity index (χ4v) is 4.61. The molecule has 0 aromatic heterocycles. The molecule has 0 fully saturated rings. The second-order valence-corrected chi connectivity index (χ2v) is 11.0. The number of alkyl carbamates (subject to hydrolysis) is 1. The maximum absolute atomic E-state index is 13.6. The Balaban J connectivity index is 1.52. The largest absolute Gasteiger partial charge is 0.444 e. The number of hydrogen-bond acceptors (Lipinski definition) is 4. The maximum Gasteiger partial charge on any atom is 0.408 e. The molecule has 1 N–H and O–H groups in total. The molecule has 1 aliphatic rings. The molecule has 0 saturated heterocycles. The summed E-state index contributed by atoms with van der Waals surface area (Å²) in [6.07, 6.45) is 0.306. The third kappa shape index (κ3) is 6.91. The monoisotopic (exact) mass is 517 g/mol. The molecule has 0 bridgehead atoms. The minimum atomic E-state index is -0.829. The second kappa shape index (κ2) is 11.3. The van der Waals surface area contributed by atoms with E-state index in [4.69, 9.17) is 4.74 Å². The number of nitrogens with one attached hydrogen (secondary N) is 1. The number of benzene rings is 3. The van der Waals surface area contributed by atoms with Gasteiger partial charge in [-0.1, -0.05) is 42.5 Å². The molecule has 200 valence electrons. The summed E-state index contributed by atoms with van der Waals surface area (Å²) < 4.78 is 18.8. The number of fused-ring (bicyclic) bond motifs is 1. The fourth-order valence-electron chi connectivity index (χ4n) is 4.61. The standard InChI is InChI=1S/C31H36FN3O3/c1-31(2,3)38-30(37)33-28(17-21-9-13-26(32)14-10-21)29(36)35-16-15-24-18-23(11-12-25(24)20-35)22-7-6-8-27(19-22)34(4)5/h6-14,18-19,28H,15-17,20H2,1-5H3,(H,33,37). The van der Waals surface area contributed by atoms with Gasteiger partial charge in [-0.25, -0.2) is 9.18 Å². The van der Waals surface area contributed by atoms with E-state index in [1.54, 1.807) is 37.8 Å². The normalized spacial score (nSPS) is 13.9. The average Bonchev–Trinajstić information content (AvgIpc) is 2.87. The predicted octanol–water partition coefficient (Wildman–Crippen LogP) is 5.58. The first kappa shape index (κ1) is 27.2. The van der Waals surface area contributed by atoms with Crippen molar-refractivity contribution in [2.45, 2.75) is 51.8 Å². The van der Waals surface area contributed by atoms with Gasteiger partial charge in [0.25, 0.3) is 0 Å². The van der Waals surface area contributed by atoms with Crippen molar-refractivity contribution >= 4 is 17.7 Å². The lowest BCUT2D eigenvalue weighted by Crippen LogP contribution is -2.51. The summed E-state index contributed by atoms with van der Waals surface area (Å²) >= 11 is 0. The van der Waals surface area contributed by atoms with E-state index >= 15 is 0 Å². The Morgan fingerprint density at radius 1 is 1.00 bits per heavy atom. The zero-order chi connectivity index (χ0) is 27.4. The molecule has 3 aromatic rings. The highest BCUT2D eigenvalue weighted by Crippen LogP contribution is 2.29. The third-order valence-electron chi connectivity index (χ3n) is 6.57. The zero-order valence-corrected chi connectivity index (χ0v) is 22.8. The number of halogens is 1. The first-order chi connectivity index (χ1) is 18.0. The summed E-state index contributed by atoms with van der Waals surface area (Å²) in [7, 11) is 4.05.